The maximum Gasteiger partial charge on any atom is 0.291 e. The van der Waals surface area contributed by atoms with Crippen LogP contribution in [0, 0.1) is 5.92 Å². The zero-order chi connectivity index (χ0) is 21.8. The van der Waals surface area contributed by atoms with Gasteiger partial charge < -0.3 is 9.64 Å². The Balaban J connectivity index is 1.77. The molecule has 1 aliphatic rings. The van der Waals surface area contributed by atoms with Crippen molar-refractivity contribution in [3.63, 3.8) is 0 Å². The first-order valence-electron chi connectivity index (χ1n) is 9.75. The van der Waals surface area contributed by atoms with E-state index in [2.05, 4.69) is 11.6 Å². The van der Waals surface area contributed by atoms with E-state index in [1.54, 1.807) is 60.2 Å². The van der Waals surface area contributed by atoms with E-state index in [1.165, 1.54) is 16.2 Å². The predicted molar refractivity (Wildman–Crippen MR) is 117 cm³/mol. The highest BCUT2D eigenvalue weighted by molar-refractivity contribution is 7.12. The average molecular weight is 433 g/mol. The molecule has 7 heteroatoms. The van der Waals surface area contributed by atoms with Gasteiger partial charge in [-0.3, -0.25) is 19.4 Å². The lowest BCUT2D eigenvalue weighted by atomic mass is 9.88. The number of carbonyl (C=O) groups is 3. The van der Waals surface area contributed by atoms with Crippen molar-refractivity contribution >= 4 is 28.8 Å². The van der Waals surface area contributed by atoms with Gasteiger partial charge in [0.05, 0.1) is 10.9 Å². The second-order valence-electron chi connectivity index (χ2n) is 7.09. The number of pyridine rings is 1. The maximum atomic E-state index is 13.3. The second-order valence-corrected chi connectivity index (χ2v) is 8.04. The number of Topliss-reactive ketones (excluding diaryl/α,β-unsaturated/α-hetero) is 2. The Hall–Kier alpha value is -3.58. The van der Waals surface area contributed by atoms with Crippen LogP contribution in [0.15, 0.2) is 79.0 Å². The smallest absolute Gasteiger partial charge is 0.291 e. The van der Waals surface area contributed by atoms with Gasteiger partial charge in [0.1, 0.15) is 18.3 Å². The fourth-order valence-corrected chi connectivity index (χ4v) is 4.44. The van der Waals surface area contributed by atoms with Gasteiger partial charge in [-0.15, -0.1) is 11.3 Å². The van der Waals surface area contributed by atoms with Crippen LogP contribution in [0.2, 0.25) is 0 Å². The Labute approximate surface area is 183 Å². The molecule has 156 valence electrons. The predicted octanol–water partition coefficient (Wildman–Crippen LogP) is 3.86. The molecule has 6 nitrogen and oxygen atoms in total. The van der Waals surface area contributed by atoms with E-state index in [4.69, 9.17) is 4.74 Å². The van der Waals surface area contributed by atoms with Crippen molar-refractivity contribution in [1.29, 1.82) is 0 Å². The minimum Gasteiger partial charge on any atom is -0.490 e. The minimum absolute atomic E-state index is 0.176. The molecule has 3 aromatic rings. The van der Waals surface area contributed by atoms with Crippen molar-refractivity contribution in [2.24, 2.45) is 5.92 Å². The lowest BCUT2D eigenvalue weighted by Gasteiger charge is -2.27. The number of thiophene rings is 1. The average Bonchev–Trinajstić information content (AvgIpc) is 3.42. The molecule has 1 aliphatic heterocycles. The van der Waals surface area contributed by atoms with Crippen LogP contribution in [-0.2, 0) is 16.1 Å². The van der Waals surface area contributed by atoms with Crippen LogP contribution in [0.1, 0.15) is 26.8 Å². The highest BCUT2D eigenvalue weighted by Crippen LogP contribution is 2.40. The number of nitrogens with zero attached hydrogens (tertiary/aromatic N) is 2. The van der Waals surface area contributed by atoms with E-state index in [0.717, 1.165) is 5.56 Å². The molecule has 0 radical (unpaired) electrons. The summed E-state index contributed by atoms with van der Waals surface area (Å²) < 4.78 is 5.63. The number of hydrogen-bond acceptors (Lipinski definition) is 6. The van der Waals surface area contributed by atoms with Crippen LogP contribution >= 0.6 is 11.3 Å². The zero-order valence-corrected chi connectivity index (χ0v) is 17.5. The van der Waals surface area contributed by atoms with Crippen molar-refractivity contribution < 1.29 is 19.1 Å². The quantitative estimate of drug-likeness (QED) is 0.234. The summed E-state index contributed by atoms with van der Waals surface area (Å²) in [4.78, 5) is 45.3. The number of benzene rings is 1. The van der Waals surface area contributed by atoms with Gasteiger partial charge in [0.2, 0.25) is 5.78 Å². The molecular weight excluding hydrogens is 412 g/mol. The molecule has 1 saturated heterocycles. The molecule has 1 amide bonds. The maximum absolute atomic E-state index is 13.3. The molecular formula is C24H20N2O4S. The summed E-state index contributed by atoms with van der Waals surface area (Å²) in [6, 6.07) is 13.4. The first-order chi connectivity index (χ1) is 15.1. The summed E-state index contributed by atoms with van der Waals surface area (Å²) in [5.41, 5.74) is 1.44. The largest absolute Gasteiger partial charge is 0.490 e. The third-order valence-electron chi connectivity index (χ3n) is 5.10. The van der Waals surface area contributed by atoms with E-state index < -0.39 is 23.7 Å². The van der Waals surface area contributed by atoms with E-state index in [9.17, 15) is 14.4 Å². The van der Waals surface area contributed by atoms with E-state index in [-0.39, 0.29) is 12.3 Å². The fourth-order valence-electron chi connectivity index (χ4n) is 3.73. The number of likely N-dealkylation sites (tertiary alicyclic amines) is 1. The Kier molecular flexibility index (Phi) is 6.04. The van der Waals surface area contributed by atoms with Crippen molar-refractivity contribution in [2.45, 2.75) is 12.6 Å². The highest BCUT2D eigenvalue weighted by Gasteiger charge is 2.51. The van der Waals surface area contributed by atoms with Crippen LogP contribution in [0.4, 0.5) is 0 Å². The lowest BCUT2D eigenvalue weighted by molar-refractivity contribution is -0.141. The molecule has 0 bridgehead atoms. The van der Waals surface area contributed by atoms with Gasteiger partial charge >= 0.3 is 0 Å². The summed E-state index contributed by atoms with van der Waals surface area (Å²) >= 11 is 1.26. The van der Waals surface area contributed by atoms with Gasteiger partial charge in [0.15, 0.2) is 5.78 Å². The Morgan fingerprint density at radius 3 is 2.77 bits per heavy atom. The van der Waals surface area contributed by atoms with Crippen molar-refractivity contribution in [2.75, 3.05) is 6.61 Å². The van der Waals surface area contributed by atoms with Gasteiger partial charge in [0.25, 0.3) is 5.91 Å². The molecule has 1 aromatic carbocycles. The molecule has 0 spiro atoms. The molecule has 0 aliphatic carbocycles. The molecule has 4 rings (SSSR count). The third-order valence-corrected chi connectivity index (χ3v) is 5.98. The Morgan fingerprint density at radius 2 is 2.06 bits per heavy atom. The molecule has 3 heterocycles. The lowest BCUT2D eigenvalue weighted by Crippen LogP contribution is -2.30. The molecule has 2 atom stereocenters. The molecule has 1 fully saturated rings. The van der Waals surface area contributed by atoms with Crippen LogP contribution in [0.3, 0.4) is 0 Å². The van der Waals surface area contributed by atoms with Crippen LogP contribution < -0.4 is 4.74 Å². The van der Waals surface area contributed by atoms with Gasteiger partial charge in [-0.05, 0) is 40.8 Å². The summed E-state index contributed by atoms with van der Waals surface area (Å²) in [6.07, 6.45) is 4.92. The minimum atomic E-state index is -1.11. The van der Waals surface area contributed by atoms with E-state index in [0.29, 0.717) is 22.8 Å². The van der Waals surface area contributed by atoms with Crippen molar-refractivity contribution in [1.82, 2.24) is 9.88 Å². The monoisotopic (exact) mass is 432 g/mol. The Morgan fingerprint density at radius 1 is 1.19 bits per heavy atom. The zero-order valence-electron chi connectivity index (χ0n) is 16.6. The number of rotatable bonds is 8. The topological polar surface area (TPSA) is 76.6 Å². The fraction of sp³-hybridized carbons (Fsp3) is 0.167. The van der Waals surface area contributed by atoms with E-state index >= 15 is 0 Å². The van der Waals surface area contributed by atoms with Crippen LogP contribution in [-0.4, -0.2) is 34.0 Å². The van der Waals surface area contributed by atoms with Crippen LogP contribution in [0.25, 0.3) is 0 Å². The standard InChI is InChI=1S/C24H20N2O4S/c1-2-11-30-18-8-3-7-17(13-18)21-20(22(27)19-9-5-12-31-19)23(28)24(29)26(21)15-16-6-4-10-25-14-16/h2-10,12-14,20-21H,1,11,15H2. The normalized spacial score (nSPS) is 18.3. The van der Waals surface area contributed by atoms with Gasteiger partial charge in [-0.2, -0.15) is 0 Å². The third kappa shape index (κ3) is 4.18. The van der Waals surface area contributed by atoms with Gasteiger partial charge in [-0.25, -0.2) is 0 Å². The summed E-state index contributed by atoms with van der Waals surface area (Å²) in [7, 11) is 0. The number of carbonyl (C=O) groups excluding carboxylic acids is 3. The number of aromatic nitrogens is 1. The van der Waals surface area contributed by atoms with Gasteiger partial charge in [-0.1, -0.05) is 36.9 Å². The molecule has 2 unspecified atom stereocenters. The Bertz CT molecular complexity index is 1110. The number of amides is 1. The van der Waals surface area contributed by atoms with Crippen LogP contribution in [0.5, 0.6) is 5.75 Å². The van der Waals surface area contributed by atoms with Crippen molar-refractivity contribution in [3.05, 3.63) is 95.0 Å². The molecule has 31 heavy (non-hydrogen) atoms. The summed E-state index contributed by atoms with van der Waals surface area (Å²) in [5.74, 6) is -2.24. The first kappa shape index (κ1) is 20.7. The van der Waals surface area contributed by atoms with Crippen molar-refractivity contribution in [3.8, 4) is 5.75 Å². The molecule has 0 saturated carbocycles. The number of ether oxygens (including phenoxy) is 1. The summed E-state index contributed by atoms with van der Waals surface area (Å²) in [5, 5.41) is 1.78. The molecule has 2 aromatic heterocycles. The molecule has 0 N–H and O–H groups in total. The second kappa shape index (κ2) is 9.06. The SMILES string of the molecule is C=CCOc1cccc(C2C(C(=O)c3cccs3)C(=O)C(=O)N2Cc2cccnc2)c1. The summed E-state index contributed by atoms with van der Waals surface area (Å²) in [6.45, 7) is 4.14. The number of hydrogen-bond donors (Lipinski definition) is 0. The number of ketones is 2. The highest BCUT2D eigenvalue weighted by atomic mass is 32.1. The van der Waals surface area contributed by atoms with E-state index in [1.807, 2.05) is 12.1 Å². The first-order valence-corrected chi connectivity index (χ1v) is 10.6. The van der Waals surface area contributed by atoms with Gasteiger partial charge in [0, 0.05) is 18.9 Å².